The van der Waals surface area contributed by atoms with Crippen LogP contribution in [0.2, 0.25) is 0 Å². The topological polar surface area (TPSA) is 21.3 Å². The molecule has 0 aromatic heterocycles. The zero-order chi connectivity index (χ0) is 13.5. The van der Waals surface area contributed by atoms with E-state index in [9.17, 15) is 0 Å². The van der Waals surface area contributed by atoms with Crippen molar-refractivity contribution < 1.29 is 4.74 Å². The van der Waals surface area contributed by atoms with Crippen LogP contribution in [-0.2, 0) is 4.74 Å². The van der Waals surface area contributed by atoms with Crippen LogP contribution in [0, 0.1) is 11.3 Å². The second kappa shape index (κ2) is 5.37. The van der Waals surface area contributed by atoms with E-state index >= 15 is 0 Å². The molecule has 2 aliphatic heterocycles. The fourth-order valence-electron chi connectivity index (χ4n) is 4.45. The van der Waals surface area contributed by atoms with Crippen LogP contribution in [-0.4, -0.2) is 24.3 Å². The third kappa shape index (κ3) is 3.16. The second-order valence-corrected chi connectivity index (χ2v) is 8.15. The van der Waals surface area contributed by atoms with E-state index < -0.39 is 0 Å². The molecule has 19 heavy (non-hydrogen) atoms. The van der Waals surface area contributed by atoms with Crippen molar-refractivity contribution in [2.75, 3.05) is 0 Å². The Labute approximate surface area is 118 Å². The van der Waals surface area contributed by atoms with Gasteiger partial charge in [0.15, 0.2) is 0 Å². The summed E-state index contributed by atoms with van der Waals surface area (Å²) >= 11 is 0. The van der Waals surface area contributed by atoms with E-state index in [0.717, 1.165) is 12.0 Å². The minimum Gasteiger partial charge on any atom is -0.373 e. The number of rotatable bonds is 2. The Hall–Kier alpha value is -0.0800. The van der Waals surface area contributed by atoms with E-state index in [1.807, 2.05) is 0 Å². The lowest BCUT2D eigenvalue weighted by Crippen LogP contribution is -2.43. The first-order valence-electron chi connectivity index (χ1n) is 8.44. The van der Waals surface area contributed by atoms with Gasteiger partial charge in [0.25, 0.3) is 0 Å². The maximum atomic E-state index is 5.97. The molecule has 2 heterocycles. The first-order chi connectivity index (χ1) is 9.02. The standard InChI is InChI=1S/C17H31NO/c1-17(2,3)12-5-4-6-13(8-7-12)18-15-11-14-9-10-16(15)19-14/h12-16,18H,4-11H2,1-3H3. The molecular formula is C17H31NO. The Morgan fingerprint density at radius 3 is 2.42 bits per heavy atom. The van der Waals surface area contributed by atoms with E-state index in [1.54, 1.807) is 0 Å². The fraction of sp³-hybridized carbons (Fsp3) is 1.00. The maximum absolute atomic E-state index is 5.97. The van der Waals surface area contributed by atoms with Crippen LogP contribution in [0.5, 0.6) is 0 Å². The average Bonchev–Trinajstić information content (AvgIpc) is 2.85. The fourth-order valence-corrected chi connectivity index (χ4v) is 4.45. The van der Waals surface area contributed by atoms with Crippen molar-refractivity contribution in [3.8, 4) is 0 Å². The Kier molecular flexibility index (Phi) is 3.92. The third-order valence-corrected chi connectivity index (χ3v) is 5.75. The van der Waals surface area contributed by atoms with Gasteiger partial charge in [0.05, 0.1) is 12.2 Å². The smallest absolute Gasteiger partial charge is 0.0733 e. The Morgan fingerprint density at radius 1 is 0.947 bits per heavy atom. The lowest BCUT2D eigenvalue weighted by atomic mass is 9.76. The highest BCUT2D eigenvalue weighted by molar-refractivity contribution is 4.95. The van der Waals surface area contributed by atoms with Crippen molar-refractivity contribution in [2.24, 2.45) is 11.3 Å². The predicted molar refractivity (Wildman–Crippen MR) is 79.3 cm³/mol. The predicted octanol–water partition coefficient (Wildman–Crippen LogP) is 3.89. The van der Waals surface area contributed by atoms with Crippen molar-refractivity contribution in [3.63, 3.8) is 0 Å². The normalized spacial score (nSPS) is 43.4. The van der Waals surface area contributed by atoms with Gasteiger partial charge in [-0.2, -0.15) is 0 Å². The van der Waals surface area contributed by atoms with Gasteiger partial charge >= 0.3 is 0 Å². The molecule has 0 aromatic rings. The SMILES string of the molecule is CC(C)(C)C1CCCC(NC2CC3CCC2O3)CC1. The monoisotopic (exact) mass is 265 g/mol. The third-order valence-electron chi connectivity index (χ3n) is 5.75. The molecule has 0 radical (unpaired) electrons. The summed E-state index contributed by atoms with van der Waals surface area (Å²) < 4.78 is 5.97. The number of fused-ring (bicyclic) bond motifs is 2. The lowest BCUT2D eigenvalue weighted by molar-refractivity contribution is 0.0955. The number of ether oxygens (including phenoxy) is 1. The van der Waals surface area contributed by atoms with Crippen LogP contribution in [0.15, 0.2) is 0 Å². The van der Waals surface area contributed by atoms with E-state index in [0.29, 0.717) is 23.7 Å². The molecule has 5 atom stereocenters. The minimum atomic E-state index is 0.491. The van der Waals surface area contributed by atoms with Crippen LogP contribution in [0.4, 0.5) is 0 Å². The van der Waals surface area contributed by atoms with Crippen LogP contribution in [0.1, 0.15) is 72.1 Å². The molecular weight excluding hydrogens is 234 g/mol. The van der Waals surface area contributed by atoms with Crippen LogP contribution in [0.3, 0.4) is 0 Å². The molecule has 2 nitrogen and oxygen atoms in total. The Bertz CT molecular complexity index is 309. The molecule has 0 amide bonds. The quantitative estimate of drug-likeness (QED) is 0.765. The van der Waals surface area contributed by atoms with Gasteiger partial charge in [-0.15, -0.1) is 0 Å². The molecule has 1 aliphatic carbocycles. The molecule has 2 heteroatoms. The summed E-state index contributed by atoms with van der Waals surface area (Å²) in [5, 5.41) is 3.94. The highest BCUT2D eigenvalue weighted by Gasteiger charge is 2.41. The summed E-state index contributed by atoms with van der Waals surface area (Å²) in [6.07, 6.45) is 12.0. The number of hydrogen-bond acceptors (Lipinski definition) is 2. The summed E-state index contributed by atoms with van der Waals surface area (Å²) in [4.78, 5) is 0. The Balaban J connectivity index is 1.50. The highest BCUT2D eigenvalue weighted by atomic mass is 16.5. The van der Waals surface area contributed by atoms with Gasteiger partial charge < -0.3 is 10.1 Å². The van der Waals surface area contributed by atoms with Gasteiger partial charge in [-0.1, -0.05) is 27.2 Å². The van der Waals surface area contributed by atoms with Crippen molar-refractivity contribution in [3.05, 3.63) is 0 Å². The van der Waals surface area contributed by atoms with Crippen LogP contribution >= 0.6 is 0 Å². The average molecular weight is 265 g/mol. The zero-order valence-electron chi connectivity index (χ0n) is 13.0. The number of nitrogens with one attached hydrogen (secondary N) is 1. The molecule has 2 bridgehead atoms. The van der Waals surface area contributed by atoms with E-state index in [2.05, 4.69) is 26.1 Å². The van der Waals surface area contributed by atoms with E-state index in [-0.39, 0.29) is 0 Å². The molecule has 1 saturated carbocycles. The van der Waals surface area contributed by atoms with Gasteiger partial charge in [0, 0.05) is 12.1 Å². The molecule has 3 rings (SSSR count). The number of hydrogen-bond donors (Lipinski definition) is 1. The van der Waals surface area contributed by atoms with Crippen molar-refractivity contribution in [1.82, 2.24) is 5.32 Å². The highest BCUT2D eigenvalue weighted by Crippen LogP contribution is 2.38. The molecule has 3 aliphatic rings. The van der Waals surface area contributed by atoms with E-state index in [1.165, 1.54) is 51.4 Å². The molecule has 110 valence electrons. The molecule has 2 saturated heterocycles. The molecule has 0 aromatic carbocycles. The second-order valence-electron chi connectivity index (χ2n) is 8.15. The molecule has 3 fully saturated rings. The minimum absolute atomic E-state index is 0.491. The van der Waals surface area contributed by atoms with Crippen LogP contribution in [0.25, 0.3) is 0 Å². The summed E-state index contributed by atoms with van der Waals surface area (Å²) in [6.45, 7) is 7.24. The maximum Gasteiger partial charge on any atom is 0.0733 e. The van der Waals surface area contributed by atoms with Crippen LogP contribution < -0.4 is 5.32 Å². The largest absolute Gasteiger partial charge is 0.373 e. The first-order valence-corrected chi connectivity index (χ1v) is 8.44. The summed E-state index contributed by atoms with van der Waals surface area (Å²) in [5.74, 6) is 0.913. The Morgan fingerprint density at radius 2 is 1.79 bits per heavy atom. The summed E-state index contributed by atoms with van der Waals surface area (Å²) in [5.41, 5.74) is 0.491. The molecule has 1 N–H and O–H groups in total. The van der Waals surface area contributed by atoms with Gasteiger partial charge in [-0.3, -0.25) is 0 Å². The summed E-state index contributed by atoms with van der Waals surface area (Å²) in [7, 11) is 0. The molecule has 0 spiro atoms. The summed E-state index contributed by atoms with van der Waals surface area (Å²) in [6, 6.07) is 1.41. The van der Waals surface area contributed by atoms with Gasteiger partial charge in [0.1, 0.15) is 0 Å². The van der Waals surface area contributed by atoms with Gasteiger partial charge in [-0.05, 0) is 56.3 Å². The van der Waals surface area contributed by atoms with Gasteiger partial charge in [0.2, 0.25) is 0 Å². The lowest BCUT2D eigenvalue weighted by Gasteiger charge is -2.30. The van der Waals surface area contributed by atoms with Crippen molar-refractivity contribution in [1.29, 1.82) is 0 Å². The van der Waals surface area contributed by atoms with Crippen molar-refractivity contribution >= 4 is 0 Å². The zero-order valence-corrected chi connectivity index (χ0v) is 13.0. The van der Waals surface area contributed by atoms with Gasteiger partial charge in [-0.25, -0.2) is 0 Å². The first kappa shape index (κ1) is 13.9. The van der Waals surface area contributed by atoms with Crippen molar-refractivity contribution in [2.45, 2.75) is 96.4 Å². The van der Waals surface area contributed by atoms with E-state index in [4.69, 9.17) is 4.74 Å². The molecule has 5 unspecified atom stereocenters.